The maximum atomic E-state index is 12.3. The van der Waals surface area contributed by atoms with Crippen molar-refractivity contribution in [2.45, 2.75) is 24.9 Å². The molecule has 2 N–H and O–H groups in total. The highest BCUT2D eigenvalue weighted by atomic mass is 79.9. The maximum Gasteiger partial charge on any atom is 0.242 e. The monoisotopic (exact) mass is 394 g/mol. The summed E-state index contributed by atoms with van der Waals surface area (Å²) >= 11 is 6.39. The molecule has 0 amide bonds. The van der Waals surface area contributed by atoms with E-state index in [9.17, 15) is 8.42 Å². The second kappa shape index (κ2) is 6.67. The lowest BCUT2D eigenvalue weighted by atomic mass is 10.4. The third-order valence-corrected chi connectivity index (χ3v) is 6.96. The number of sulfonamides is 1. The second-order valence-corrected chi connectivity index (χ2v) is 9.82. The number of nitrogens with one attached hydrogen (secondary N) is 2. The Morgan fingerprint density at radius 1 is 1.20 bits per heavy atom. The smallest absolute Gasteiger partial charge is 0.242 e. The molecule has 0 unspecified atom stereocenters. The summed E-state index contributed by atoms with van der Waals surface area (Å²) in [5.74, 6) is 0. The molecule has 0 aliphatic rings. The second-order valence-electron chi connectivity index (χ2n) is 4.19. The SMILES string of the molecule is CNCc1cc(S(=O)(=O)NCc2ccc(Br)s2)c(C)s1. The van der Waals surface area contributed by atoms with Crippen LogP contribution in [0.25, 0.3) is 0 Å². The molecule has 2 heterocycles. The van der Waals surface area contributed by atoms with E-state index in [0.717, 1.165) is 18.4 Å². The van der Waals surface area contributed by atoms with Gasteiger partial charge in [0, 0.05) is 27.7 Å². The van der Waals surface area contributed by atoms with Gasteiger partial charge >= 0.3 is 0 Å². The van der Waals surface area contributed by atoms with Gasteiger partial charge in [0.15, 0.2) is 0 Å². The molecule has 20 heavy (non-hydrogen) atoms. The largest absolute Gasteiger partial charge is 0.315 e. The average molecular weight is 395 g/mol. The molecule has 8 heteroatoms. The lowest BCUT2D eigenvalue weighted by molar-refractivity contribution is 0.581. The molecule has 0 fully saturated rings. The molecule has 0 bridgehead atoms. The van der Waals surface area contributed by atoms with Gasteiger partial charge in [-0.15, -0.1) is 22.7 Å². The van der Waals surface area contributed by atoms with Gasteiger partial charge in [-0.05, 0) is 48.1 Å². The Morgan fingerprint density at radius 2 is 1.95 bits per heavy atom. The highest BCUT2D eigenvalue weighted by Crippen LogP contribution is 2.26. The summed E-state index contributed by atoms with van der Waals surface area (Å²) in [7, 11) is -1.61. The standard InChI is InChI=1S/C12H15BrN2O2S3/c1-8-11(5-10(18-8)6-14-2)20(16,17)15-7-9-3-4-12(13)19-9/h3-5,14-15H,6-7H2,1-2H3. The first kappa shape index (κ1) is 16.1. The van der Waals surface area contributed by atoms with Crippen LogP contribution in [0, 0.1) is 6.92 Å². The van der Waals surface area contributed by atoms with Crippen LogP contribution in [-0.4, -0.2) is 15.5 Å². The number of thiophene rings is 2. The Morgan fingerprint density at radius 3 is 2.55 bits per heavy atom. The van der Waals surface area contributed by atoms with Crippen LogP contribution in [0.3, 0.4) is 0 Å². The first-order valence-electron chi connectivity index (χ1n) is 5.90. The Kier molecular flexibility index (Phi) is 5.38. The van der Waals surface area contributed by atoms with Gasteiger partial charge in [0.05, 0.1) is 8.68 Å². The van der Waals surface area contributed by atoms with Gasteiger partial charge in [0.1, 0.15) is 0 Å². The van der Waals surface area contributed by atoms with Crippen LogP contribution in [0.4, 0.5) is 0 Å². The summed E-state index contributed by atoms with van der Waals surface area (Å²) in [6.45, 7) is 2.83. The van der Waals surface area contributed by atoms with E-state index < -0.39 is 10.0 Å². The fourth-order valence-electron chi connectivity index (χ4n) is 1.74. The normalized spacial score (nSPS) is 11.9. The minimum absolute atomic E-state index is 0.315. The van der Waals surface area contributed by atoms with Gasteiger partial charge in [-0.25, -0.2) is 13.1 Å². The Labute approximate surface area is 135 Å². The van der Waals surface area contributed by atoms with Gasteiger partial charge in [-0.2, -0.15) is 0 Å². The van der Waals surface area contributed by atoms with Crippen molar-refractivity contribution in [3.63, 3.8) is 0 Å². The van der Waals surface area contributed by atoms with Crippen molar-refractivity contribution in [1.82, 2.24) is 10.0 Å². The van der Waals surface area contributed by atoms with E-state index in [-0.39, 0.29) is 0 Å². The fourth-order valence-corrected chi connectivity index (χ4v) is 5.91. The van der Waals surface area contributed by atoms with Gasteiger partial charge in [-0.3, -0.25) is 0 Å². The Bertz CT molecular complexity index is 691. The predicted molar refractivity (Wildman–Crippen MR) is 87.9 cm³/mol. The zero-order valence-electron chi connectivity index (χ0n) is 11.1. The molecule has 0 radical (unpaired) electrons. The Balaban J connectivity index is 2.13. The predicted octanol–water partition coefficient (Wildman–Crippen LogP) is 3.08. The minimum atomic E-state index is -3.45. The van der Waals surface area contributed by atoms with E-state index >= 15 is 0 Å². The summed E-state index contributed by atoms with van der Waals surface area (Å²) in [5, 5.41) is 3.03. The number of aryl methyl sites for hydroxylation is 1. The molecule has 0 saturated heterocycles. The van der Waals surface area contributed by atoms with Gasteiger partial charge in [0.25, 0.3) is 0 Å². The first-order chi connectivity index (χ1) is 9.42. The van der Waals surface area contributed by atoms with Crippen LogP contribution in [0.1, 0.15) is 14.6 Å². The van der Waals surface area contributed by atoms with Gasteiger partial charge in [-0.1, -0.05) is 0 Å². The topological polar surface area (TPSA) is 58.2 Å². The minimum Gasteiger partial charge on any atom is -0.315 e. The number of halogens is 1. The van der Waals surface area contributed by atoms with Crippen LogP contribution in [0.5, 0.6) is 0 Å². The van der Waals surface area contributed by atoms with Crippen molar-refractivity contribution < 1.29 is 8.42 Å². The highest BCUT2D eigenvalue weighted by molar-refractivity contribution is 9.11. The molecule has 4 nitrogen and oxygen atoms in total. The number of hydrogen-bond acceptors (Lipinski definition) is 5. The molecule has 2 rings (SSSR count). The van der Waals surface area contributed by atoms with Crippen molar-refractivity contribution in [2.24, 2.45) is 0 Å². The van der Waals surface area contributed by atoms with Crippen LogP contribution in [0.15, 0.2) is 26.9 Å². The van der Waals surface area contributed by atoms with Crippen molar-refractivity contribution >= 4 is 48.6 Å². The van der Waals surface area contributed by atoms with Crippen molar-refractivity contribution in [3.8, 4) is 0 Å². The first-order valence-corrected chi connectivity index (χ1v) is 9.81. The molecular weight excluding hydrogens is 380 g/mol. The molecule has 0 aliphatic heterocycles. The van der Waals surface area contributed by atoms with Crippen molar-refractivity contribution in [1.29, 1.82) is 0 Å². The van der Waals surface area contributed by atoms with E-state index in [1.807, 2.05) is 26.1 Å². The highest BCUT2D eigenvalue weighted by Gasteiger charge is 2.19. The Hall–Kier alpha value is -0.250. The van der Waals surface area contributed by atoms with Crippen molar-refractivity contribution in [3.05, 3.63) is 36.6 Å². The quantitative estimate of drug-likeness (QED) is 0.791. The molecule has 0 spiro atoms. The fraction of sp³-hybridized carbons (Fsp3) is 0.333. The average Bonchev–Trinajstić information content (AvgIpc) is 2.94. The van der Waals surface area contributed by atoms with E-state index in [2.05, 4.69) is 26.0 Å². The molecule has 2 aromatic rings. The molecule has 110 valence electrons. The third-order valence-electron chi connectivity index (χ3n) is 2.63. The van der Waals surface area contributed by atoms with E-state index in [1.165, 1.54) is 22.7 Å². The van der Waals surface area contributed by atoms with Gasteiger partial charge < -0.3 is 5.32 Å². The molecule has 0 atom stereocenters. The molecule has 0 saturated carbocycles. The van der Waals surface area contributed by atoms with Crippen LogP contribution in [0.2, 0.25) is 0 Å². The van der Waals surface area contributed by atoms with E-state index in [0.29, 0.717) is 18.0 Å². The van der Waals surface area contributed by atoms with Crippen LogP contribution in [-0.2, 0) is 23.1 Å². The zero-order chi connectivity index (χ0) is 14.8. The van der Waals surface area contributed by atoms with Crippen LogP contribution >= 0.6 is 38.6 Å². The summed E-state index contributed by atoms with van der Waals surface area (Å²) in [5.41, 5.74) is 0. The summed E-state index contributed by atoms with van der Waals surface area (Å²) in [6.07, 6.45) is 0. The molecular formula is C12H15BrN2O2S3. The molecule has 0 aliphatic carbocycles. The molecule has 0 aromatic carbocycles. The van der Waals surface area contributed by atoms with E-state index in [4.69, 9.17) is 0 Å². The summed E-state index contributed by atoms with van der Waals surface area (Å²) in [6, 6.07) is 5.56. The van der Waals surface area contributed by atoms with Crippen LogP contribution < -0.4 is 10.0 Å². The summed E-state index contributed by atoms with van der Waals surface area (Å²) in [4.78, 5) is 3.19. The number of hydrogen-bond donors (Lipinski definition) is 2. The maximum absolute atomic E-state index is 12.3. The van der Waals surface area contributed by atoms with Gasteiger partial charge in [0.2, 0.25) is 10.0 Å². The lowest BCUT2D eigenvalue weighted by Crippen LogP contribution is -2.22. The molecule has 2 aromatic heterocycles. The number of rotatable bonds is 6. The third kappa shape index (κ3) is 3.90. The zero-order valence-corrected chi connectivity index (χ0v) is 15.1. The van der Waals surface area contributed by atoms with Crippen molar-refractivity contribution in [2.75, 3.05) is 7.05 Å². The summed E-state index contributed by atoms with van der Waals surface area (Å²) < 4.78 is 28.3. The lowest BCUT2D eigenvalue weighted by Gasteiger charge is -2.04. The van der Waals surface area contributed by atoms with E-state index in [1.54, 1.807) is 6.07 Å².